The van der Waals surface area contributed by atoms with Gasteiger partial charge in [0.25, 0.3) is 0 Å². The first kappa shape index (κ1) is 23.2. The average molecular weight is 468 g/mol. The van der Waals surface area contributed by atoms with E-state index in [1.54, 1.807) is 0 Å². The summed E-state index contributed by atoms with van der Waals surface area (Å²) in [7, 11) is 0. The SMILES string of the molecule is CC1CCC2(C)C(CCC3C2CCC2(C)C(C(C)Cc4nc(C(F)(F)F)cs4)CCC32)C1. The molecule has 0 N–H and O–H groups in total. The number of hydrogen-bond donors (Lipinski definition) is 0. The largest absolute Gasteiger partial charge is 0.434 e. The molecule has 9 atom stereocenters. The van der Waals surface area contributed by atoms with E-state index in [9.17, 15) is 13.2 Å². The highest BCUT2D eigenvalue weighted by atomic mass is 32.1. The minimum atomic E-state index is -4.33. The van der Waals surface area contributed by atoms with Crippen LogP contribution in [0.5, 0.6) is 0 Å². The van der Waals surface area contributed by atoms with E-state index in [1.165, 1.54) is 74.5 Å². The zero-order valence-corrected chi connectivity index (χ0v) is 21.0. The molecular weight excluding hydrogens is 427 g/mol. The van der Waals surface area contributed by atoms with Crippen LogP contribution >= 0.6 is 11.3 Å². The molecule has 0 aliphatic heterocycles. The van der Waals surface area contributed by atoms with Crippen molar-refractivity contribution in [2.75, 3.05) is 0 Å². The minimum absolute atomic E-state index is 0.357. The molecule has 0 saturated heterocycles. The molecule has 0 radical (unpaired) electrons. The van der Waals surface area contributed by atoms with Gasteiger partial charge in [0, 0.05) is 11.8 Å². The minimum Gasteiger partial charge on any atom is -0.237 e. The van der Waals surface area contributed by atoms with Crippen molar-refractivity contribution in [1.29, 1.82) is 0 Å². The van der Waals surface area contributed by atoms with Gasteiger partial charge in [-0.15, -0.1) is 11.3 Å². The third-order valence-electron chi connectivity index (χ3n) is 11.0. The predicted molar refractivity (Wildman–Crippen MR) is 124 cm³/mol. The fraction of sp³-hybridized carbons (Fsp3) is 0.889. The molecule has 4 saturated carbocycles. The van der Waals surface area contributed by atoms with E-state index in [0.29, 0.717) is 34.1 Å². The summed E-state index contributed by atoms with van der Waals surface area (Å²) < 4.78 is 39.0. The van der Waals surface area contributed by atoms with Crippen LogP contribution in [0.4, 0.5) is 13.2 Å². The second kappa shape index (κ2) is 7.99. The van der Waals surface area contributed by atoms with Crippen LogP contribution in [0.1, 0.15) is 96.2 Å². The summed E-state index contributed by atoms with van der Waals surface area (Å²) in [4.78, 5) is 3.94. The Morgan fingerprint density at radius 3 is 2.47 bits per heavy atom. The van der Waals surface area contributed by atoms with Gasteiger partial charge in [-0.05, 0) is 104 Å². The number of fused-ring (bicyclic) bond motifs is 5. The summed E-state index contributed by atoms with van der Waals surface area (Å²) >= 11 is 1.19. The highest BCUT2D eigenvalue weighted by molar-refractivity contribution is 7.09. The van der Waals surface area contributed by atoms with Crippen molar-refractivity contribution in [2.45, 2.75) is 98.1 Å². The lowest BCUT2D eigenvalue weighted by Crippen LogP contribution is -2.53. The maximum Gasteiger partial charge on any atom is 0.434 e. The van der Waals surface area contributed by atoms with Gasteiger partial charge in [-0.2, -0.15) is 13.2 Å². The zero-order chi connectivity index (χ0) is 22.9. The van der Waals surface area contributed by atoms with Gasteiger partial charge in [-0.3, -0.25) is 0 Å². The Hall–Kier alpha value is -0.580. The van der Waals surface area contributed by atoms with E-state index < -0.39 is 11.9 Å². The molecule has 4 aliphatic carbocycles. The summed E-state index contributed by atoms with van der Waals surface area (Å²) in [6.45, 7) is 9.91. The molecule has 0 aromatic carbocycles. The van der Waals surface area contributed by atoms with Crippen LogP contribution in [0.2, 0.25) is 0 Å². The van der Waals surface area contributed by atoms with Gasteiger partial charge < -0.3 is 0 Å². The summed E-state index contributed by atoms with van der Waals surface area (Å²) in [6.07, 6.45) is 8.75. The van der Waals surface area contributed by atoms with Gasteiger partial charge in [0.15, 0.2) is 5.69 Å². The van der Waals surface area contributed by atoms with Crippen molar-refractivity contribution in [2.24, 2.45) is 52.3 Å². The Balaban J connectivity index is 1.31. The van der Waals surface area contributed by atoms with Crippen molar-refractivity contribution in [3.63, 3.8) is 0 Å². The van der Waals surface area contributed by atoms with Crippen molar-refractivity contribution in [3.8, 4) is 0 Å². The molecule has 1 heterocycles. The van der Waals surface area contributed by atoms with Crippen LogP contribution in [-0.4, -0.2) is 4.98 Å². The van der Waals surface area contributed by atoms with E-state index in [1.807, 2.05) is 0 Å². The Morgan fingerprint density at radius 1 is 1.03 bits per heavy atom. The molecule has 9 unspecified atom stereocenters. The fourth-order valence-electron chi connectivity index (χ4n) is 9.40. The third kappa shape index (κ3) is 3.67. The van der Waals surface area contributed by atoms with Crippen LogP contribution in [0.15, 0.2) is 5.38 Å². The maximum absolute atomic E-state index is 13.0. The van der Waals surface area contributed by atoms with Crippen LogP contribution in [0, 0.1) is 52.3 Å². The number of alkyl halides is 3. The summed E-state index contributed by atoms with van der Waals surface area (Å²) in [6, 6.07) is 0. The van der Waals surface area contributed by atoms with E-state index in [4.69, 9.17) is 0 Å². The lowest BCUT2D eigenvalue weighted by Gasteiger charge is -2.61. The maximum atomic E-state index is 13.0. The highest BCUT2D eigenvalue weighted by Gasteiger charge is 2.60. The van der Waals surface area contributed by atoms with Gasteiger partial charge in [-0.1, -0.05) is 34.1 Å². The average Bonchev–Trinajstić information content (AvgIpc) is 3.32. The molecule has 180 valence electrons. The van der Waals surface area contributed by atoms with E-state index >= 15 is 0 Å². The molecule has 5 rings (SSSR count). The molecule has 1 aromatic heterocycles. The van der Waals surface area contributed by atoms with E-state index in [-0.39, 0.29) is 0 Å². The highest BCUT2D eigenvalue weighted by Crippen LogP contribution is 2.68. The first-order valence-electron chi connectivity index (χ1n) is 13.0. The smallest absolute Gasteiger partial charge is 0.237 e. The topological polar surface area (TPSA) is 12.9 Å². The molecule has 1 nitrogen and oxygen atoms in total. The first-order valence-corrected chi connectivity index (χ1v) is 13.9. The van der Waals surface area contributed by atoms with E-state index in [2.05, 4.69) is 32.7 Å². The first-order chi connectivity index (χ1) is 15.0. The normalized spacial score (nSPS) is 45.1. The number of hydrogen-bond acceptors (Lipinski definition) is 2. The Bertz CT molecular complexity index is 833. The quantitative estimate of drug-likeness (QED) is 0.433. The number of rotatable bonds is 3. The van der Waals surface area contributed by atoms with Crippen LogP contribution in [0.3, 0.4) is 0 Å². The standard InChI is InChI=1S/C27H40F3NS/c1-16-9-11-25(3)18(13-16)5-6-19-21-8-7-20(26(21,4)12-10-22(19)25)17(2)14-24-31-23(15-32-24)27(28,29)30/h15-22H,5-14H2,1-4H3. The summed E-state index contributed by atoms with van der Waals surface area (Å²) in [5, 5.41) is 1.85. The zero-order valence-electron chi connectivity index (χ0n) is 20.2. The summed E-state index contributed by atoms with van der Waals surface area (Å²) in [5.74, 6) is 5.43. The van der Waals surface area contributed by atoms with Gasteiger partial charge in [0.05, 0.1) is 5.01 Å². The second-order valence-corrected chi connectivity index (χ2v) is 13.5. The van der Waals surface area contributed by atoms with Crippen molar-refractivity contribution >= 4 is 11.3 Å². The number of nitrogens with zero attached hydrogens (tertiary/aromatic N) is 1. The molecule has 32 heavy (non-hydrogen) atoms. The van der Waals surface area contributed by atoms with Crippen molar-refractivity contribution in [3.05, 3.63) is 16.1 Å². The fourth-order valence-corrected chi connectivity index (χ4v) is 10.3. The van der Waals surface area contributed by atoms with Crippen LogP contribution < -0.4 is 0 Å². The molecule has 5 heteroatoms. The number of thiazole rings is 1. The van der Waals surface area contributed by atoms with Crippen LogP contribution in [0.25, 0.3) is 0 Å². The third-order valence-corrected chi connectivity index (χ3v) is 11.9. The predicted octanol–water partition coefficient (Wildman–Crippen LogP) is 8.64. The van der Waals surface area contributed by atoms with Crippen molar-refractivity contribution in [1.82, 2.24) is 4.98 Å². The second-order valence-electron chi connectivity index (χ2n) is 12.6. The monoisotopic (exact) mass is 467 g/mol. The van der Waals surface area contributed by atoms with Gasteiger partial charge in [0.1, 0.15) is 0 Å². The van der Waals surface area contributed by atoms with Crippen molar-refractivity contribution < 1.29 is 13.2 Å². The molecule has 4 aliphatic rings. The number of halogens is 3. The summed E-state index contributed by atoms with van der Waals surface area (Å²) in [5.41, 5.74) is 0.193. The van der Waals surface area contributed by atoms with E-state index in [0.717, 1.165) is 29.6 Å². The van der Waals surface area contributed by atoms with Gasteiger partial charge in [0.2, 0.25) is 0 Å². The lowest BCUT2D eigenvalue weighted by atomic mass is 9.44. The van der Waals surface area contributed by atoms with Gasteiger partial charge >= 0.3 is 6.18 Å². The molecule has 4 fully saturated rings. The Kier molecular flexibility index (Phi) is 5.78. The molecular formula is C27H40F3NS. The van der Waals surface area contributed by atoms with Crippen LogP contribution in [-0.2, 0) is 12.6 Å². The lowest BCUT2D eigenvalue weighted by molar-refractivity contribution is -0.140. The Morgan fingerprint density at radius 2 is 1.75 bits per heavy atom. The molecule has 0 bridgehead atoms. The molecule has 0 spiro atoms. The molecule has 1 aromatic rings. The van der Waals surface area contributed by atoms with Gasteiger partial charge in [-0.25, -0.2) is 4.98 Å². The molecule has 0 amide bonds. The number of aromatic nitrogens is 1. The Labute approximate surface area is 196 Å².